The lowest BCUT2D eigenvalue weighted by Gasteiger charge is -2.34. The summed E-state index contributed by atoms with van der Waals surface area (Å²) in [5, 5.41) is 0. The number of pyridine rings is 1. The Kier molecular flexibility index (Phi) is 4.07. The Morgan fingerprint density at radius 1 is 1.40 bits per heavy atom. The van der Waals surface area contributed by atoms with Gasteiger partial charge in [-0.05, 0) is 12.1 Å². The summed E-state index contributed by atoms with van der Waals surface area (Å²) in [5.74, 6) is 0.795. The van der Waals surface area contributed by atoms with Gasteiger partial charge in [0, 0.05) is 30.9 Å². The third-order valence-corrected chi connectivity index (χ3v) is 4.42. The van der Waals surface area contributed by atoms with Crippen LogP contribution in [0.15, 0.2) is 52.3 Å². The van der Waals surface area contributed by atoms with Gasteiger partial charge in [-0.1, -0.05) is 6.07 Å². The molecule has 0 amide bonds. The Morgan fingerprint density at radius 3 is 3.08 bits per heavy atom. The zero-order valence-corrected chi connectivity index (χ0v) is 13.8. The number of ether oxygens (including phenoxy) is 1. The first-order valence-electron chi connectivity index (χ1n) is 8.09. The summed E-state index contributed by atoms with van der Waals surface area (Å²) in [7, 11) is 1.45. The lowest BCUT2D eigenvalue weighted by molar-refractivity contribution is 0.180. The van der Waals surface area contributed by atoms with Crippen molar-refractivity contribution in [2.75, 3.05) is 13.7 Å². The van der Waals surface area contributed by atoms with Crippen molar-refractivity contribution in [3.63, 3.8) is 0 Å². The predicted octanol–water partition coefficient (Wildman–Crippen LogP) is 1.91. The van der Waals surface area contributed by atoms with Gasteiger partial charge in [-0.25, -0.2) is 4.98 Å². The zero-order chi connectivity index (χ0) is 17.2. The fourth-order valence-electron chi connectivity index (χ4n) is 3.23. The molecule has 0 fully saturated rings. The SMILES string of the molecule is COc1coc(CN2CCc3[nH]cnc3C2c2ccccn2)cc1=O. The van der Waals surface area contributed by atoms with Crippen molar-refractivity contribution in [1.82, 2.24) is 19.9 Å². The van der Waals surface area contributed by atoms with Crippen LogP contribution in [-0.4, -0.2) is 33.5 Å². The Balaban J connectivity index is 1.68. The Bertz CT molecular complexity index is 919. The lowest BCUT2D eigenvalue weighted by Crippen LogP contribution is -2.36. The van der Waals surface area contributed by atoms with Crippen LogP contribution in [0.5, 0.6) is 5.75 Å². The van der Waals surface area contributed by atoms with Gasteiger partial charge in [0.15, 0.2) is 0 Å². The van der Waals surface area contributed by atoms with Gasteiger partial charge in [0.2, 0.25) is 11.2 Å². The second kappa shape index (κ2) is 6.52. The van der Waals surface area contributed by atoms with Gasteiger partial charge in [-0.3, -0.25) is 14.7 Å². The second-order valence-electron chi connectivity index (χ2n) is 5.92. The van der Waals surface area contributed by atoms with Crippen LogP contribution in [0.25, 0.3) is 0 Å². The van der Waals surface area contributed by atoms with Crippen molar-refractivity contribution < 1.29 is 9.15 Å². The third-order valence-electron chi connectivity index (χ3n) is 4.42. The van der Waals surface area contributed by atoms with Crippen molar-refractivity contribution >= 4 is 0 Å². The highest BCUT2D eigenvalue weighted by Gasteiger charge is 2.32. The van der Waals surface area contributed by atoms with E-state index in [9.17, 15) is 4.79 Å². The molecule has 0 saturated heterocycles. The largest absolute Gasteiger partial charge is 0.490 e. The third kappa shape index (κ3) is 2.94. The number of hydrogen-bond acceptors (Lipinski definition) is 6. The quantitative estimate of drug-likeness (QED) is 0.782. The van der Waals surface area contributed by atoms with Gasteiger partial charge in [0.05, 0.1) is 37.4 Å². The van der Waals surface area contributed by atoms with Crippen LogP contribution in [-0.2, 0) is 13.0 Å². The monoisotopic (exact) mass is 338 g/mol. The van der Waals surface area contributed by atoms with E-state index in [-0.39, 0.29) is 17.2 Å². The van der Waals surface area contributed by atoms with Crippen LogP contribution in [0, 0.1) is 0 Å². The molecule has 3 aromatic rings. The lowest BCUT2D eigenvalue weighted by atomic mass is 9.99. The fraction of sp³-hybridized carbons (Fsp3) is 0.278. The van der Waals surface area contributed by atoms with E-state index in [0.29, 0.717) is 12.3 Å². The standard InChI is InChI=1S/C18H18N4O3/c1-24-16-10-25-12(8-15(16)23)9-22-7-5-13-17(21-11-20-13)18(22)14-4-2-3-6-19-14/h2-4,6,8,10-11,18H,5,7,9H2,1H3,(H,20,21). The summed E-state index contributed by atoms with van der Waals surface area (Å²) < 4.78 is 10.5. The minimum Gasteiger partial charge on any atom is -0.490 e. The van der Waals surface area contributed by atoms with E-state index >= 15 is 0 Å². The van der Waals surface area contributed by atoms with Gasteiger partial charge >= 0.3 is 0 Å². The summed E-state index contributed by atoms with van der Waals surface area (Å²) in [5.41, 5.74) is 2.84. The maximum atomic E-state index is 12.0. The number of nitrogens with one attached hydrogen (secondary N) is 1. The molecule has 0 spiro atoms. The smallest absolute Gasteiger partial charge is 0.227 e. The van der Waals surface area contributed by atoms with Crippen molar-refractivity contribution in [1.29, 1.82) is 0 Å². The normalized spacial score (nSPS) is 17.2. The van der Waals surface area contributed by atoms with Crippen LogP contribution in [0.3, 0.4) is 0 Å². The number of aromatic amines is 1. The van der Waals surface area contributed by atoms with Crippen LogP contribution < -0.4 is 10.2 Å². The average Bonchev–Trinajstić information content (AvgIpc) is 3.11. The summed E-state index contributed by atoms with van der Waals surface area (Å²) in [4.78, 5) is 26.4. The van der Waals surface area contributed by atoms with Crippen LogP contribution in [0.2, 0.25) is 0 Å². The molecule has 0 saturated carbocycles. The molecule has 4 heterocycles. The van der Waals surface area contributed by atoms with E-state index in [1.54, 1.807) is 12.5 Å². The molecule has 0 radical (unpaired) electrons. The number of nitrogens with zero attached hydrogens (tertiary/aromatic N) is 3. The van der Waals surface area contributed by atoms with Gasteiger partial charge in [0.25, 0.3) is 0 Å². The first kappa shape index (κ1) is 15.6. The van der Waals surface area contributed by atoms with Gasteiger partial charge in [-0.2, -0.15) is 0 Å². The summed E-state index contributed by atoms with van der Waals surface area (Å²) in [6, 6.07) is 7.25. The number of rotatable bonds is 4. The van der Waals surface area contributed by atoms with E-state index in [1.165, 1.54) is 19.4 Å². The molecular formula is C18H18N4O3. The molecular weight excluding hydrogens is 320 g/mol. The van der Waals surface area contributed by atoms with Crippen LogP contribution in [0.4, 0.5) is 0 Å². The van der Waals surface area contributed by atoms with Crippen LogP contribution in [0.1, 0.15) is 28.9 Å². The first-order valence-corrected chi connectivity index (χ1v) is 8.09. The molecule has 1 N–H and O–H groups in total. The molecule has 0 aromatic carbocycles. The number of fused-ring (bicyclic) bond motifs is 1. The maximum Gasteiger partial charge on any atom is 0.227 e. The highest BCUT2D eigenvalue weighted by molar-refractivity contribution is 5.29. The maximum absolute atomic E-state index is 12.0. The topological polar surface area (TPSA) is 84.2 Å². The van der Waals surface area contributed by atoms with Gasteiger partial charge < -0.3 is 14.1 Å². The Labute approximate surface area is 144 Å². The molecule has 128 valence electrons. The molecule has 7 nitrogen and oxygen atoms in total. The highest BCUT2D eigenvalue weighted by atomic mass is 16.5. The number of imidazole rings is 1. The van der Waals surface area contributed by atoms with Crippen molar-refractivity contribution in [2.45, 2.75) is 19.0 Å². The molecule has 1 atom stereocenters. The summed E-state index contributed by atoms with van der Waals surface area (Å²) >= 11 is 0. The zero-order valence-electron chi connectivity index (χ0n) is 13.8. The predicted molar refractivity (Wildman–Crippen MR) is 90.3 cm³/mol. The van der Waals surface area contributed by atoms with E-state index in [4.69, 9.17) is 9.15 Å². The minimum absolute atomic E-state index is 0.0800. The Hall–Kier alpha value is -2.93. The molecule has 7 heteroatoms. The van der Waals surface area contributed by atoms with E-state index < -0.39 is 0 Å². The molecule has 1 unspecified atom stereocenters. The van der Waals surface area contributed by atoms with Gasteiger partial charge in [-0.15, -0.1) is 0 Å². The van der Waals surface area contributed by atoms with E-state index in [2.05, 4.69) is 19.9 Å². The van der Waals surface area contributed by atoms with Crippen molar-refractivity contribution in [3.8, 4) is 5.75 Å². The van der Waals surface area contributed by atoms with Crippen molar-refractivity contribution in [2.24, 2.45) is 0 Å². The molecule has 0 bridgehead atoms. The van der Waals surface area contributed by atoms with E-state index in [0.717, 1.165) is 30.0 Å². The molecule has 1 aliphatic rings. The minimum atomic E-state index is -0.185. The van der Waals surface area contributed by atoms with E-state index in [1.807, 2.05) is 18.2 Å². The summed E-state index contributed by atoms with van der Waals surface area (Å²) in [6.45, 7) is 1.30. The van der Waals surface area contributed by atoms with Crippen LogP contribution >= 0.6 is 0 Å². The van der Waals surface area contributed by atoms with Gasteiger partial charge in [0.1, 0.15) is 12.0 Å². The molecule has 1 aliphatic heterocycles. The molecule has 25 heavy (non-hydrogen) atoms. The number of aromatic nitrogens is 3. The number of methoxy groups -OCH3 is 1. The highest BCUT2D eigenvalue weighted by Crippen LogP contribution is 2.33. The van der Waals surface area contributed by atoms with Crippen molar-refractivity contribution in [3.05, 3.63) is 76.1 Å². The second-order valence-corrected chi connectivity index (χ2v) is 5.92. The number of hydrogen-bond donors (Lipinski definition) is 1. The molecule has 4 rings (SSSR count). The fourth-order valence-corrected chi connectivity index (χ4v) is 3.23. The molecule has 0 aliphatic carbocycles. The first-order chi connectivity index (χ1) is 12.3. The molecule has 3 aromatic heterocycles. The number of H-pyrrole nitrogens is 1. The summed E-state index contributed by atoms with van der Waals surface area (Å²) in [6.07, 6.45) is 5.72. The average molecular weight is 338 g/mol. The Morgan fingerprint density at radius 2 is 2.32 bits per heavy atom.